The van der Waals surface area contributed by atoms with Crippen LogP contribution in [0.25, 0.3) is 0 Å². The van der Waals surface area contributed by atoms with Crippen LogP contribution in [-0.4, -0.2) is 50.4 Å². The van der Waals surface area contributed by atoms with Gasteiger partial charge in [0, 0.05) is 13.1 Å². The highest BCUT2D eigenvalue weighted by Gasteiger charge is 2.53. The van der Waals surface area contributed by atoms with E-state index < -0.39 is 14.1 Å². The average molecular weight is 378 g/mol. The van der Waals surface area contributed by atoms with Crippen molar-refractivity contribution in [2.24, 2.45) is 0 Å². The number of likely N-dealkylation sites (tertiary alicyclic amines) is 1. The highest BCUT2D eigenvalue weighted by molar-refractivity contribution is 6.74. The van der Waals surface area contributed by atoms with Crippen LogP contribution in [0.2, 0.25) is 18.1 Å². The Hall–Kier alpha value is -0.723. The van der Waals surface area contributed by atoms with Crippen molar-refractivity contribution < 1.29 is 13.9 Å². The summed E-state index contributed by atoms with van der Waals surface area (Å²) in [5.41, 5.74) is 1.32. The predicted molar refractivity (Wildman–Crippen MR) is 108 cm³/mol. The van der Waals surface area contributed by atoms with Crippen LogP contribution in [-0.2, 0) is 20.4 Å². The molecule has 146 valence electrons. The normalized spacial score (nSPS) is 29.1. The third-order valence-electron chi connectivity index (χ3n) is 6.13. The van der Waals surface area contributed by atoms with Gasteiger partial charge >= 0.3 is 0 Å². The summed E-state index contributed by atoms with van der Waals surface area (Å²) in [6.45, 7) is 18.0. The Morgan fingerprint density at radius 2 is 1.81 bits per heavy atom. The second-order valence-electron chi connectivity index (χ2n) is 9.69. The zero-order valence-electron chi connectivity index (χ0n) is 17.4. The van der Waals surface area contributed by atoms with Gasteiger partial charge in [0.05, 0.1) is 12.6 Å². The van der Waals surface area contributed by atoms with E-state index in [0.717, 1.165) is 13.1 Å². The number of ether oxygens (including phenoxy) is 2. The van der Waals surface area contributed by atoms with Gasteiger partial charge in [0.1, 0.15) is 12.2 Å². The first-order valence-corrected chi connectivity index (χ1v) is 12.7. The zero-order chi connectivity index (χ0) is 19.2. The number of fused-ring (bicyclic) bond motifs is 1. The van der Waals surface area contributed by atoms with E-state index in [4.69, 9.17) is 13.9 Å². The van der Waals surface area contributed by atoms with Crippen LogP contribution in [0, 0.1) is 0 Å². The lowest BCUT2D eigenvalue weighted by molar-refractivity contribution is -0.163. The van der Waals surface area contributed by atoms with E-state index in [0.29, 0.717) is 6.61 Å². The largest absolute Gasteiger partial charge is 0.415 e. The number of hydrogen-bond donors (Lipinski definition) is 0. The van der Waals surface area contributed by atoms with E-state index in [1.165, 1.54) is 5.56 Å². The Labute approximate surface area is 159 Å². The molecule has 2 saturated heterocycles. The maximum Gasteiger partial charge on any atom is 0.192 e. The van der Waals surface area contributed by atoms with Crippen LogP contribution >= 0.6 is 0 Å². The van der Waals surface area contributed by atoms with E-state index in [2.05, 4.69) is 69.1 Å². The molecule has 2 fully saturated rings. The fourth-order valence-corrected chi connectivity index (χ4v) is 4.64. The lowest BCUT2D eigenvalue weighted by Crippen LogP contribution is -2.47. The Morgan fingerprint density at radius 1 is 1.15 bits per heavy atom. The van der Waals surface area contributed by atoms with Crippen LogP contribution in [0.15, 0.2) is 30.3 Å². The summed E-state index contributed by atoms with van der Waals surface area (Å²) >= 11 is 0. The highest BCUT2D eigenvalue weighted by Crippen LogP contribution is 2.40. The molecule has 2 heterocycles. The van der Waals surface area contributed by atoms with Crippen LogP contribution in [0.4, 0.5) is 0 Å². The first-order valence-electron chi connectivity index (χ1n) is 9.76. The van der Waals surface area contributed by atoms with Gasteiger partial charge < -0.3 is 13.9 Å². The van der Waals surface area contributed by atoms with Gasteiger partial charge in [-0.3, -0.25) is 4.90 Å². The molecule has 3 rings (SSSR count). The van der Waals surface area contributed by atoms with Gasteiger partial charge in [-0.25, -0.2) is 0 Å². The first-order chi connectivity index (χ1) is 12.0. The maximum atomic E-state index is 6.58. The van der Waals surface area contributed by atoms with Crippen molar-refractivity contribution >= 4 is 8.32 Å². The molecule has 0 aliphatic carbocycles. The van der Waals surface area contributed by atoms with Crippen molar-refractivity contribution in [3.05, 3.63) is 35.9 Å². The summed E-state index contributed by atoms with van der Waals surface area (Å²) in [7, 11) is -1.80. The van der Waals surface area contributed by atoms with Gasteiger partial charge in [-0.05, 0) is 37.5 Å². The third kappa shape index (κ3) is 4.23. The van der Waals surface area contributed by atoms with Crippen LogP contribution in [0.1, 0.15) is 40.2 Å². The molecule has 0 saturated carbocycles. The van der Waals surface area contributed by atoms with E-state index in [-0.39, 0.29) is 23.3 Å². The van der Waals surface area contributed by atoms with E-state index in [1.54, 1.807) is 0 Å². The summed E-state index contributed by atoms with van der Waals surface area (Å²) in [6, 6.07) is 10.9. The lowest BCUT2D eigenvalue weighted by atomic mass is 10.1. The molecule has 2 aliphatic rings. The molecular weight excluding hydrogens is 342 g/mol. The fourth-order valence-electron chi connectivity index (χ4n) is 3.61. The molecule has 0 aromatic heterocycles. The topological polar surface area (TPSA) is 30.9 Å². The monoisotopic (exact) mass is 377 g/mol. The summed E-state index contributed by atoms with van der Waals surface area (Å²) in [5.74, 6) is -0.497. The molecule has 26 heavy (non-hydrogen) atoms. The van der Waals surface area contributed by atoms with E-state index >= 15 is 0 Å². The van der Waals surface area contributed by atoms with Crippen molar-refractivity contribution in [2.45, 2.75) is 83.3 Å². The van der Waals surface area contributed by atoms with Crippen LogP contribution in [0.5, 0.6) is 0 Å². The first kappa shape index (κ1) is 20.0. The predicted octanol–water partition coefficient (Wildman–Crippen LogP) is 4.41. The zero-order valence-corrected chi connectivity index (χ0v) is 18.4. The molecule has 0 amide bonds. The second-order valence-corrected chi connectivity index (χ2v) is 14.5. The molecular formula is C21H35NO3Si. The molecule has 0 N–H and O–H groups in total. The molecule has 3 atom stereocenters. The Morgan fingerprint density at radius 3 is 2.42 bits per heavy atom. The van der Waals surface area contributed by atoms with Crippen LogP contribution < -0.4 is 0 Å². The van der Waals surface area contributed by atoms with Crippen molar-refractivity contribution in [1.29, 1.82) is 0 Å². The molecule has 2 unspecified atom stereocenters. The highest BCUT2D eigenvalue weighted by atomic mass is 28.4. The standard InChI is InChI=1S/C21H35NO3Si/c1-20(2,3)26(6,7)23-15-17-19-18(24-21(4,5)25-19)14-22(17)13-16-11-9-8-10-12-16/h8-12,17-19H,13-15H2,1-7H3/t17-,18?,19?/m1/s1. The molecule has 2 aliphatic heterocycles. The number of rotatable bonds is 5. The Kier molecular flexibility index (Phi) is 5.41. The second kappa shape index (κ2) is 7.02. The maximum absolute atomic E-state index is 6.58. The molecule has 4 nitrogen and oxygen atoms in total. The smallest absolute Gasteiger partial charge is 0.192 e. The lowest BCUT2D eigenvalue weighted by Gasteiger charge is -2.38. The van der Waals surface area contributed by atoms with Crippen LogP contribution in [0.3, 0.4) is 0 Å². The van der Waals surface area contributed by atoms with E-state index in [9.17, 15) is 0 Å². The molecule has 0 bridgehead atoms. The SMILES string of the molecule is CC1(C)OC2CN(Cc3ccccc3)[C@H](CO[Si](C)(C)C(C)(C)C)C2O1. The summed E-state index contributed by atoms with van der Waals surface area (Å²) < 4.78 is 19.0. The summed E-state index contributed by atoms with van der Waals surface area (Å²) in [4.78, 5) is 2.48. The average Bonchev–Trinajstić information content (AvgIpc) is 2.96. The fraction of sp³-hybridized carbons (Fsp3) is 0.714. The van der Waals surface area contributed by atoms with Gasteiger partial charge in [-0.15, -0.1) is 0 Å². The van der Waals surface area contributed by atoms with Gasteiger partial charge in [0.15, 0.2) is 14.1 Å². The molecule has 0 spiro atoms. The number of hydrogen-bond acceptors (Lipinski definition) is 4. The minimum atomic E-state index is -1.80. The van der Waals surface area contributed by atoms with Gasteiger partial charge in [0.2, 0.25) is 0 Å². The number of benzene rings is 1. The van der Waals surface area contributed by atoms with Crippen molar-refractivity contribution in [3.63, 3.8) is 0 Å². The van der Waals surface area contributed by atoms with Gasteiger partial charge in [-0.2, -0.15) is 0 Å². The molecule has 1 aromatic rings. The number of nitrogens with zero attached hydrogens (tertiary/aromatic N) is 1. The van der Waals surface area contributed by atoms with E-state index in [1.807, 2.05) is 13.8 Å². The Balaban J connectivity index is 1.74. The minimum absolute atomic E-state index is 0.0819. The van der Waals surface area contributed by atoms with Crippen molar-refractivity contribution in [1.82, 2.24) is 4.90 Å². The Bertz CT molecular complexity index is 611. The molecule has 1 aromatic carbocycles. The van der Waals surface area contributed by atoms with Crippen molar-refractivity contribution in [3.8, 4) is 0 Å². The molecule has 5 heteroatoms. The third-order valence-corrected chi connectivity index (χ3v) is 10.6. The van der Waals surface area contributed by atoms with Crippen molar-refractivity contribution in [2.75, 3.05) is 13.2 Å². The minimum Gasteiger partial charge on any atom is -0.415 e. The van der Waals surface area contributed by atoms with Gasteiger partial charge in [0.25, 0.3) is 0 Å². The summed E-state index contributed by atoms with van der Waals surface area (Å²) in [5, 5.41) is 0.210. The summed E-state index contributed by atoms with van der Waals surface area (Å²) in [6.07, 6.45) is 0.209. The van der Waals surface area contributed by atoms with Gasteiger partial charge in [-0.1, -0.05) is 51.1 Å². The quantitative estimate of drug-likeness (QED) is 0.711. The molecule has 0 radical (unpaired) electrons.